The SMILES string of the molecule is Cc1c(Cl)cccc1-n1c(SCC(=O)N2CCc3ccccc32)nc2sc3c(c2c1=O)CCCC3. The van der Waals surface area contributed by atoms with Gasteiger partial charge in [0.05, 0.1) is 16.8 Å². The lowest BCUT2D eigenvalue weighted by Gasteiger charge is -2.18. The quantitative estimate of drug-likeness (QED) is 0.245. The lowest BCUT2D eigenvalue weighted by atomic mass is 9.97. The number of rotatable bonds is 4. The summed E-state index contributed by atoms with van der Waals surface area (Å²) in [5.41, 5.74) is 4.80. The number of aryl methyl sites for hydroxylation is 2. The third-order valence-corrected chi connectivity index (χ3v) is 9.47. The molecule has 178 valence electrons. The van der Waals surface area contributed by atoms with Crippen molar-refractivity contribution >= 4 is 56.5 Å². The fourth-order valence-corrected chi connectivity index (χ4v) is 7.49. The Hall–Kier alpha value is -2.61. The third kappa shape index (κ3) is 3.90. The predicted octanol–water partition coefficient (Wildman–Crippen LogP) is 5.97. The summed E-state index contributed by atoms with van der Waals surface area (Å²) in [4.78, 5) is 36.1. The van der Waals surface area contributed by atoms with Crippen molar-refractivity contribution in [1.29, 1.82) is 0 Å². The van der Waals surface area contributed by atoms with Gasteiger partial charge in [-0.2, -0.15) is 0 Å². The largest absolute Gasteiger partial charge is 0.311 e. The van der Waals surface area contributed by atoms with E-state index in [9.17, 15) is 9.59 Å². The number of amides is 1. The van der Waals surface area contributed by atoms with Gasteiger partial charge in [-0.1, -0.05) is 47.6 Å². The van der Waals surface area contributed by atoms with E-state index in [2.05, 4.69) is 6.07 Å². The molecule has 8 heteroatoms. The van der Waals surface area contributed by atoms with E-state index in [1.165, 1.54) is 22.2 Å². The molecule has 3 heterocycles. The minimum Gasteiger partial charge on any atom is -0.311 e. The second kappa shape index (κ2) is 9.12. The zero-order valence-electron chi connectivity index (χ0n) is 19.3. The molecule has 0 spiro atoms. The Morgan fingerprint density at radius 3 is 2.77 bits per heavy atom. The number of hydrogen-bond acceptors (Lipinski definition) is 5. The molecular formula is C27H24ClN3O2S2. The molecule has 6 rings (SSSR count). The fraction of sp³-hybridized carbons (Fsp3) is 0.296. The molecule has 1 amide bonds. The van der Waals surface area contributed by atoms with Crippen molar-refractivity contribution in [3.05, 3.63) is 79.4 Å². The second-order valence-corrected chi connectivity index (χ2v) is 11.5. The van der Waals surface area contributed by atoms with E-state index < -0.39 is 0 Å². The normalized spacial score (nSPS) is 14.9. The van der Waals surface area contributed by atoms with E-state index in [0.29, 0.717) is 22.4 Å². The molecule has 5 nitrogen and oxygen atoms in total. The molecule has 0 bridgehead atoms. The second-order valence-electron chi connectivity index (χ2n) is 9.02. The molecule has 0 saturated heterocycles. The van der Waals surface area contributed by atoms with Gasteiger partial charge in [0.1, 0.15) is 4.83 Å². The van der Waals surface area contributed by atoms with Crippen LogP contribution in [0, 0.1) is 6.92 Å². The standard InChI is InChI=1S/C27H24ClN3O2S2/c1-16-19(28)9-6-11-20(16)31-26(33)24-18-8-3-5-12-22(18)35-25(24)29-27(31)34-15-23(32)30-14-13-17-7-2-4-10-21(17)30/h2,4,6-7,9-11H,3,5,8,12-15H2,1H3. The van der Waals surface area contributed by atoms with Crippen LogP contribution in [-0.2, 0) is 24.1 Å². The fourth-order valence-electron chi connectivity index (χ4n) is 5.14. The van der Waals surface area contributed by atoms with Crippen LogP contribution in [0.4, 0.5) is 5.69 Å². The first-order valence-corrected chi connectivity index (χ1v) is 14.0. The van der Waals surface area contributed by atoms with Gasteiger partial charge in [0.25, 0.3) is 5.56 Å². The highest BCUT2D eigenvalue weighted by Gasteiger charge is 2.27. The highest BCUT2D eigenvalue weighted by atomic mass is 35.5. The number of fused-ring (bicyclic) bond motifs is 4. The number of thioether (sulfide) groups is 1. The minimum atomic E-state index is -0.0683. The molecule has 0 unspecified atom stereocenters. The van der Waals surface area contributed by atoms with Crippen molar-refractivity contribution in [2.24, 2.45) is 0 Å². The number of para-hydroxylation sites is 1. The molecule has 1 aliphatic carbocycles. The molecule has 0 radical (unpaired) electrons. The minimum absolute atomic E-state index is 0.0223. The van der Waals surface area contributed by atoms with Gasteiger partial charge >= 0.3 is 0 Å². The Labute approximate surface area is 216 Å². The molecule has 35 heavy (non-hydrogen) atoms. The Kier molecular flexibility index (Phi) is 5.95. The van der Waals surface area contributed by atoms with Crippen molar-refractivity contribution in [2.45, 2.75) is 44.2 Å². The molecule has 0 N–H and O–H groups in total. The summed E-state index contributed by atoms with van der Waals surface area (Å²) in [7, 11) is 0. The van der Waals surface area contributed by atoms with Crippen LogP contribution in [0.5, 0.6) is 0 Å². The Balaban J connectivity index is 1.43. The van der Waals surface area contributed by atoms with Gasteiger partial charge in [-0.25, -0.2) is 4.98 Å². The van der Waals surface area contributed by atoms with Gasteiger partial charge in [0, 0.05) is 22.1 Å². The third-order valence-electron chi connectivity index (χ3n) is 6.95. The molecule has 1 aliphatic heterocycles. The Morgan fingerprint density at radius 2 is 1.89 bits per heavy atom. The topological polar surface area (TPSA) is 55.2 Å². The van der Waals surface area contributed by atoms with Crippen LogP contribution < -0.4 is 10.5 Å². The van der Waals surface area contributed by atoms with E-state index in [1.807, 2.05) is 48.2 Å². The molecule has 2 aliphatic rings. The van der Waals surface area contributed by atoms with Crippen LogP contribution in [0.25, 0.3) is 15.9 Å². The Bertz CT molecular complexity index is 1540. The number of halogens is 1. The van der Waals surface area contributed by atoms with Crippen molar-refractivity contribution in [2.75, 3.05) is 17.2 Å². The summed E-state index contributed by atoms with van der Waals surface area (Å²) in [6, 6.07) is 13.6. The van der Waals surface area contributed by atoms with Gasteiger partial charge < -0.3 is 4.90 Å². The number of carbonyl (C=O) groups is 1. The lowest BCUT2D eigenvalue weighted by Crippen LogP contribution is -2.31. The van der Waals surface area contributed by atoms with E-state index in [0.717, 1.165) is 59.1 Å². The summed E-state index contributed by atoms with van der Waals surface area (Å²) < 4.78 is 1.67. The Morgan fingerprint density at radius 1 is 1.09 bits per heavy atom. The highest BCUT2D eigenvalue weighted by Crippen LogP contribution is 2.36. The van der Waals surface area contributed by atoms with Gasteiger partial charge in [-0.3, -0.25) is 14.2 Å². The summed E-state index contributed by atoms with van der Waals surface area (Å²) in [6.45, 7) is 2.60. The van der Waals surface area contributed by atoms with Gasteiger partial charge in [0.15, 0.2) is 5.16 Å². The first-order chi connectivity index (χ1) is 17.0. The summed E-state index contributed by atoms with van der Waals surface area (Å²) >= 11 is 9.40. The monoisotopic (exact) mass is 521 g/mol. The zero-order valence-corrected chi connectivity index (χ0v) is 21.7. The van der Waals surface area contributed by atoms with E-state index in [-0.39, 0.29) is 17.2 Å². The number of hydrogen-bond donors (Lipinski definition) is 0. The average Bonchev–Trinajstić information content (AvgIpc) is 3.46. The molecule has 2 aromatic carbocycles. The van der Waals surface area contributed by atoms with E-state index in [4.69, 9.17) is 16.6 Å². The smallest absolute Gasteiger partial charge is 0.267 e. The maximum absolute atomic E-state index is 14.0. The summed E-state index contributed by atoms with van der Waals surface area (Å²) in [6.07, 6.45) is 5.02. The van der Waals surface area contributed by atoms with Gasteiger partial charge in [-0.05, 0) is 73.9 Å². The highest BCUT2D eigenvalue weighted by molar-refractivity contribution is 7.99. The molecule has 0 atom stereocenters. The van der Waals surface area contributed by atoms with Crippen LogP contribution >= 0.6 is 34.7 Å². The molecule has 0 saturated carbocycles. The van der Waals surface area contributed by atoms with Gasteiger partial charge in [0.2, 0.25) is 5.91 Å². The lowest BCUT2D eigenvalue weighted by molar-refractivity contribution is -0.116. The van der Waals surface area contributed by atoms with E-state index >= 15 is 0 Å². The molecule has 0 fully saturated rings. The maximum Gasteiger partial charge on any atom is 0.267 e. The van der Waals surface area contributed by atoms with Crippen LogP contribution in [0.2, 0.25) is 5.02 Å². The summed E-state index contributed by atoms with van der Waals surface area (Å²) in [5.74, 6) is 0.228. The van der Waals surface area contributed by atoms with Crippen molar-refractivity contribution in [1.82, 2.24) is 9.55 Å². The van der Waals surface area contributed by atoms with Crippen molar-refractivity contribution in [3.63, 3.8) is 0 Å². The number of anilines is 1. The average molecular weight is 522 g/mol. The van der Waals surface area contributed by atoms with Crippen molar-refractivity contribution in [3.8, 4) is 5.69 Å². The number of thiophene rings is 1. The number of benzene rings is 2. The van der Waals surface area contributed by atoms with E-state index in [1.54, 1.807) is 15.9 Å². The predicted molar refractivity (Wildman–Crippen MR) is 145 cm³/mol. The zero-order chi connectivity index (χ0) is 24.1. The molecular weight excluding hydrogens is 498 g/mol. The summed E-state index contributed by atoms with van der Waals surface area (Å²) in [5, 5.41) is 1.86. The number of aromatic nitrogens is 2. The molecule has 2 aromatic heterocycles. The van der Waals surface area contributed by atoms with Gasteiger partial charge in [-0.15, -0.1) is 11.3 Å². The van der Waals surface area contributed by atoms with Crippen LogP contribution in [0.3, 0.4) is 0 Å². The first-order valence-electron chi connectivity index (χ1n) is 11.9. The number of carbonyl (C=O) groups excluding carboxylic acids is 1. The van der Waals surface area contributed by atoms with Crippen molar-refractivity contribution < 1.29 is 4.79 Å². The van der Waals surface area contributed by atoms with Crippen LogP contribution in [0.15, 0.2) is 52.4 Å². The maximum atomic E-state index is 14.0. The van der Waals surface area contributed by atoms with Crippen LogP contribution in [-0.4, -0.2) is 27.8 Å². The van der Waals surface area contributed by atoms with Crippen LogP contribution in [0.1, 0.15) is 34.4 Å². The first kappa shape index (κ1) is 22.8. The number of nitrogens with zero attached hydrogens (tertiary/aromatic N) is 3. The molecule has 4 aromatic rings.